The lowest BCUT2D eigenvalue weighted by atomic mass is 9.56. The van der Waals surface area contributed by atoms with Crippen molar-refractivity contribution in [2.24, 2.45) is 17.3 Å². The standard InChI is InChI=1S/C37H38O8/c1-41-31(25-43-22-26-12-6-3-7-13-26)35(45-24-28-16-10-5-11-17-28)33-30(44-23-27-14-8-4-9-15-27)20-21-37(36(40)42-2)32(39)19-18-29(38)34(33)37/h3-20,31,33-35H,21-25H2,1-2H3/t31-,33+,34+,35-,37-/m1/s1. The van der Waals surface area contributed by atoms with Crippen LogP contribution in [0.5, 0.6) is 0 Å². The van der Waals surface area contributed by atoms with Gasteiger partial charge in [0.15, 0.2) is 11.6 Å². The van der Waals surface area contributed by atoms with Crippen LogP contribution in [-0.4, -0.2) is 50.6 Å². The summed E-state index contributed by atoms with van der Waals surface area (Å²) in [5.74, 6) is -3.22. The molecule has 0 unspecified atom stereocenters. The second kappa shape index (κ2) is 15.1. The minimum atomic E-state index is -1.76. The van der Waals surface area contributed by atoms with E-state index in [1.165, 1.54) is 19.3 Å². The number of benzene rings is 3. The van der Waals surface area contributed by atoms with Crippen molar-refractivity contribution >= 4 is 17.5 Å². The Kier molecular flexibility index (Phi) is 10.7. The Morgan fingerprint density at radius 2 is 1.38 bits per heavy atom. The molecule has 0 heterocycles. The summed E-state index contributed by atoms with van der Waals surface area (Å²) in [6.07, 6.45) is 2.53. The van der Waals surface area contributed by atoms with Gasteiger partial charge in [-0.1, -0.05) is 91.0 Å². The highest BCUT2D eigenvalue weighted by Gasteiger charge is 2.63. The summed E-state index contributed by atoms with van der Waals surface area (Å²) in [4.78, 5) is 40.9. The Hall–Kier alpha value is -4.37. The molecule has 5 atom stereocenters. The Morgan fingerprint density at radius 1 is 0.800 bits per heavy atom. The van der Waals surface area contributed by atoms with Gasteiger partial charge in [-0.2, -0.15) is 0 Å². The summed E-state index contributed by atoms with van der Waals surface area (Å²) in [5.41, 5.74) is 1.05. The Balaban J connectivity index is 1.55. The molecular formula is C37H38O8. The predicted octanol–water partition coefficient (Wildman–Crippen LogP) is 5.41. The van der Waals surface area contributed by atoms with E-state index in [4.69, 9.17) is 23.7 Å². The average Bonchev–Trinajstić information content (AvgIpc) is 3.09. The topological polar surface area (TPSA) is 97.4 Å². The van der Waals surface area contributed by atoms with E-state index in [1.54, 1.807) is 13.2 Å². The summed E-state index contributed by atoms with van der Waals surface area (Å²) in [6.45, 7) is 0.845. The molecule has 0 spiro atoms. The fourth-order valence-corrected chi connectivity index (χ4v) is 6.19. The lowest BCUT2D eigenvalue weighted by Gasteiger charge is -2.47. The van der Waals surface area contributed by atoms with Gasteiger partial charge in [-0.15, -0.1) is 0 Å². The molecule has 0 aliphatic heterocycles. The van der Waals surface area contributed by atoms with Gasteiger partial charge >= 0.3 is 5.97 Å². The molecule has 234 valence electrons. The molecule has 2 aliphatic carbocycles. The summed E-state index contributed by atoms with van der Waals surface area (Å²) in [7, 11) is 2.77. The molecule has 3 aromatic rings. The van der Waals surface area contributed by atoms with E-state index in [0.29, 0.717) is 12.4 Å². The maximum Gasteiger partial charge on any atom is 0.320 e. The number of hydrogen-bond acceptors (Lipinski definition) is 8. The van der Waals surface area contributed by atoms with Crippen LogP contribution in [0.25, 0.3) is 0 Å². The summed E-state index contributed by atoms with van der Waals surface area (Å²) < 4.78 is 30.3. The van der Waals surface area contributed by atoms with Gasteiger partial charge in [0.2, 0.25) is 0 Å². The first-order valence-electron chi connectivity index (χ1n) is 15.0. The van der Waals surface area contributed by atoms with Crippen molar-refractivity contribution in [3.8, 4) is 0 Å². The number of esters is 1. The second-order valence-electron chi connectivity index (χ2n) is 11.2. The maximum atomic E-state index is 13.9. The summed E-state index contributed by atoms with van der Waals surface area (Å²) >= 11 is 0. The van der Waals surface area contributed by atoms with Gasteiger partial charge in [-0.05, 0) is 41.3 Å². The van der Waals surface area contributed by atoms with Crippen LogP contribution in [-0.2, 0) is 57.9 Å². The van der Waals surface area contributed by atoms with Gasteiger partial charge in [0.1, 0.15) is 18.1 Å². The number of fused-ring (bicyclic) bond motifs is 1. The largest absolute Gasteiger partial charge is 0.493 e. The lowest BCUT2D eigenvalue weighted by molar-refractivity contribution is -0.175. The molecule has 8 nitrogen and oxygen atoms in total. The molecule has 0 saturated heterocycles. The van der Waals surface area contributed by atoms with E-state index in [0.717, 1.165) is 16.7 Å². The zero-order chi connectivity index (χ0) is 31.6. The zero-order valence-electron chi connectivity index (χ0n) is 25.5. The molecule has 0 N–H and O–H groups in total. The van der Waals surface area contributed by atoms with E-state index >= 15 is 0 Å². The molecule has 0 bridgehead atoms. The normalized spacial score (nSPS) is 22.2. The second-order valence-corrected chi connectivity index (χ2v) is 11.2. The molecule has 3 aromatic carbocycles. The van der Waals surface area contributed by atoms with E-state index in [-0.39, 0.29) is 32.0 Å². The number of allylic oxidation sites excluding steroid dienone is 3. The third-order valence-electron chi connectivity index (χ3n) is 8.49. The van der Waals surface area contributed by atoms with Crippen molar-refractivity contribution in [2.75, 3.05) is 20.8 Å². The molecule has 2 aliphatic rings. The van der Waals surface area contributed by atoms with Gasteiger partial charge in [0, 0.05) is 7.11 Å². The fraction of sp³-hybridized carbons (Fsp3) is 0.324. The molecule has 0 amide bonds. The van der Waals surface area contributed by atoms with E-state index < -0.39 is 41.2 Å². The molecule has 8 heteroatoms. The maximum absolute atomic E-state index is 13.9. The number of methoxy groups -OCH3 is 2. The molecule has 0 radical (unpaired) electrons. The minimum absolute atomic E-state index is 0.0482. The third kappa shape index (κ3) is 7.14. The number of hydrogen-bond donors (Lipinski definition) is 0. The predicted molar refractivity (Wildman–Crippen MR) is 166 cm³/mol. The molecule has 0 aromatic heterocycles. The monoisotopic (exact) mass is 610 g/mol. The van der Waals surface area contributed by atoms with Crippen molar-refractivity contribution in [3.63, 3.8) is 0 Å². The lowest BCUT2D eigenvalue weighted by Crippen LogP contribution is -2.59. The van der Waals surface area contributed by atoms with Crippen molar-refractivity contribution in [3.05, 3.63) is 132 Å². The van der Waals surface area contributed by atoms with Gasteiger partial charge in [-0.25, -0.2) is 0 Å². The zero-order valence-corrected chi connectivity index (χ0v) is 25.5. The first kappa shape index (κ1) is 32.0. The molecular weight excluding hydrogens is 572 g/mol. The van der Waals surface area contributed by atoms with Gasteiger partial charge < -0.3 is 23.7 Å². The highest BCUT2D eigenvalue weighted by atomic mass is 16.6. The van der Waals surface area contributed by atoms with Crippen molar-refractivity contribution in [2.45, 2.75) is 38.4 Å². The van der Waals surface area contributed by atoms with Gasteiger partial charge in [-0.3, -0.25) is 14.4 Å². The number of ether oxygens (including phenoxy) is 5. The van der Waals surface area contributed by atoms with E-state index in [2.05, 4.69) is 0 Å². The molecule has 5 rings (SSSR count). The Morgan fingerprint density at radius 3 is 1.96 bits per heavy atom. The van der Waals surface area contributed by atoms with Crippen molar-refractivity contribution in [1.29, 1.82) is 0 Å². The smallest absolute Gasteiger partial charge is 0.320 e. The first-order valence-corrected chi connectivity index (χ1v) is 15.0. The molecule has 0 fully saturated rings. The van der Waals surface area contributed by atoms with Gasteiger partial charge in [0.25, 0.3) is 0 Å². The van der Waals surface area contributed by atoms with E-state index in [1.807, 2.05) is 91.0 Å². The van der Waals surface area contributed by atoms with Crippen LogP contribution in [0.2, 0.25) is 0 Å². The van der Waals surface area contributed by atoms with Crippen LogP contribution < -0.4 is 0 Å². The average molecular weight is 611 g/mol. The highest BCUT2D eigenvalue weighted by Crippen LogP contribution is 2.51. The Bertz CT molecular complexity index is 1500. The van der Waals surface area contributed by atoms with Crippen LogP contribution in [0, 0.1) is 17.3 Å². The SMILES string of the molecule is COC(=O)[C@@]12CC=C(OCc3ccccc3)[C@H]([C@H](OCc3ccccc3)[C@@H](COCc3ccccc3)OC)[C@@H]1C(=O)C=CC2=O. The van der Waals surface area contributed by atoms with Crippen LogP contribution in [0.4, 0.5) is 0 Å². The summed E-state index contributed by atoms with van der Waals surface area (Å²) in [5, 5.41) is 0. The number of carbonyl (C=O) groups is 3. The number of ketones is 2. The molecule has 0 saturated carbocycles. The van der Waals surface area contributed by atoms with Crippen molar-refractivity contribution < 1.29 is 38.1 Å². The summed E-state index contributed by atoms with van der Waals surface area (Å²) in [6, 6.07) is 29.0. The van der Waals surface area contributed by atoms with Gasteiger partial charge in [0.05, 0.1) is 50.6 Å². The van der Waals surface area contributed by atoms with Crippen LogP contribution in [0.3, 0.4) is 0 Å². The van der Waals surface area contributed by atoms with Crippen LogP contribution in [0.1, 0.15) is 23.1 Å². The fourth-order valence-electron chi connectivity index (χ4n) is 6.19. The quantitative estimate of drug-likeness (QED) is 0.177. The third-order valence-corrected chi connectivity index (χ3v) is 8.49. The number of rotatable bonds is 14. The number of carbonyl (C=O) groups excluding carboxylic acids is 3. The van der Waals surface area contributed by atoms with Crippen LogP contribution >= 0.6 is 0 Å². The molecule has 45 heavy (non-hydrogen) atoms. The van der Waals surface area contributed by atoms with Crippen LogP contribution in [0.15, 0.2) is 115 Å². The Labute approximate surface area is 263 Å². The van der Waals surface area contributed by atoms with Crippen molar-refractivity contribution in [1.82, 2.24) is 0 Å². The van der Waals surface area contributed by atoms with E-state index in [9.17, 15) is 14.4 Å². The first-order chi connectivity index (χ1) is 22.0. The minimum Gasteiger partial charge on any atom is -0.493 e. The highest BCUT2D eigenvalue weighted by molar-refractivity contribution is 6.18.